The second-order valence-corrected chi connectivity index (χ2v) is 5.92. The number of carboxylic acids is 1. The number of nitrogens with one attached hydrogen (secondary N) is 1. The van der Waals surface area contributed by atoms with Crippen molar-refractivity contribution in [3.63, 3.8) is 0 Å². The largest absolute Gasteiger partial charge is 0.481 e. The van der Waals surface area contributed by atoms with Gasteiger partial charge >= 0.3 is 12.1 Å². The van der Waals surface area contributed by atoms with Crippen molar-refractivity contribution in [2.24, 2.45) is 0 Å². The highest BCUT2D eigenvalue weighted by Gasteiger charge is 2.12. The van der Waals surface area contributed by atoms with Gasteiger partial charge in [-0.25, -0.2) is 4.79 Å². The Labute approximate surface area is 154 Å². The number of amides is 1. The molecule has 8 nitrogen and oxygen atoms in total. The third-order valence-electron chi connectivity index (χ3n) is 3.69. The van der Waals surface area contributed by atoms with E-state index < -0.39 is 12.1 Å². The SMILES string of the molecule is O=C(O)CCOCCOCCOCCNC(=O)O[C@@H]1/C=C/CCCCC1. The van der Waals surface area contributed by atoms with Crippen molar-refractivity contribution in [2.75, 3.05) is 46.2 Å². The second-order valence-electron chi connectivity index (χ2n) is 5.92. The van der Waals surface area contributed by atoms with Gasteiger partial charge in [0.2, 0.25) is 0 Å². The van der Waals surface area contributed by atoms with Crippen LogP contribution in [0.2, 0.25) is 0 Å². The molecular formula is C18H31NO7. The molecule has 150 valence electrons. The quantitative estimate of drug-likeness (QED) is 0.376. The first-order chi connectivity index (χ1) is 12.7. The fourth-order valence-electron chi connectivity index (χ4n) is 2.33. The zero-order valence-corrected chi connectivity index (χ0v) is 15.3. The highest BCUT2D eigenvalue weighted by molar-refractivity contribution is 5.67. The average molecular weight is 373 g/mol. The molecule has 26 heavy (non-hydrogen) atoms. The Morgan fingerprint density at radius 3 is 2.38 bits per heavy atom. The molecule has 0 aromatic carbocycles. The van der Waals surface area contributed by atoms with Gasteiger partial charge in [0.1, 0.15) is 6.10 Å². The van der Waals surface area contributed by atoms with Gasteiger partial charge in [0, 0.05) is 6.54 Å². The Morgan fingerprint density at radius 2 is 1.65 bits per heavy atom. The Morgan fingerprint density at radius 1 is 0.962 bits per heavy atom. The first-order valence-electron chi connectivity index (χ1n) is 9.24. The summed E-state index contributed by atoms with van der Waals surface area (Å²) in [5.74, 6) is -0.877. The molecule has 0 heterocycles. The zero-order valence-electron chi connectivity index (χ0n) is 15.3. The third kappa shape index (κ3) is 13.6. The number of alkyl carbamates (subject to hydrolysis) is 1. The summed E-state index contributed by atoms with van der Waals surface area (Å²) in [4.78, 5) is 22.0. The van der Waals surface area contributed by atoms with E-state index in [0.29, 0.717) is 39.6 Å². The highest BCUT2D eigenvalue weighted by Crippen LogP contribution is 2.14. The zero-order chi connectivity index (χ0) is 18.9. The molecule has 0 saturated heterocycles. The van der Waals surface area contributed by atoms with Gasteiger partial charge in [-0.2, -0.15) is 0 Å². The maximum atomic E-state index is 11.7. The number of allylic oxidation sites excluding steroid dienone is 1. The molecule has 0 radical (unpaired) electrons. The van der Waals surface area contributed by atoms with E-state index in [1.807, 2.05) is 6.08 Å². The van der Waals surface area contributed by atoms with E-state index in [1.165, 1.54) is 12.8 Å². The molecule has 1 aliphatic carbocycles. The van der Waals surface area contributed by atoms with E-state index >= 15 is 0 Å². The van der Waals surface area contributed by atoms with E-state index in [2.05, 4.69) is 11.4 Å². The molecule has 0 aromatic heterocycles. The topological polar surface area (TPSA) is 103 Å². The first kappa shape index (κ1) is 22.4. The Balaban J connectivity index is 1.87. The van der Waals surface area contributed by atoms with Crippen molar-refractivity contribution in [1.82, 2.24) is 5.32 Å². The number of carbonyl (C=O) groups excluding carboxylic acids is 1. The first-order valence-corrected chi connectivity index (χ1v) is 9.24. The van der Waals surface area contributed by atoms with Crippen LogP contribution in [0.25, 0.3) is 0 Å². The van der Waals surface area contributed by atoms with Crippen LogP contribution in [-0.4, -0.2) is 69.5 Å². The van der Waals surface area contributed by atoms with Crippen LogP contribution in [0.3, 0.4) is 0 Å². The van der Waals surface area contributed by atoms with E-state index in [-0.39, 0.29) is 19.1 Å². The monoisotopic (exact) mass is 373 g/mol. The van der Waals surface area contributed by atoms with Gasteiger partial charge in [0.25, 0.3) is 0 Å². The van der Waals surface area contributed by atoms with Crippen LogP contribution in [0, 0.1) is 0 Å². The van der Waals surface area contributed by atoms with E-state index in [1.54, 1.807) is 0 Å². The van der Waals surface area contributed by atoms with Crippen molar-refractivity contribution >= 4 is 12.1 Å². The smallest absolute Gasteiger partial charge is 0.407 e. The minimum Gasteiger partial charge on any atom is -0.481 e. The molecule has 0 unspecified atom stereocenters. The predicted octanol–water partition coefficient (Wildman–Crippen LogP) is 2.13. The summed E-state index contributed by atoms with van der Waals surface area (Å²) in [6, 6.07) is 0. The summed E-state index contributed by atoms with van der Waals surface area (Å²) in [6.07, 6.45) is 8.87. The summed E-state index contributed by atoms with van der Waals surface area (Å²) < 4.78 is 21.1. The summed E-state index contributed by atoms with van der Waals surface area (Å²) in [5.41, 5.74) is 0. The van der Waals surface area contributed by atoms with E-state index in [0.717, 1.165) is 19.3 Å². The van der Waals surface area contributed by atoms with Crippen LogP contribution >= 0.6 is 0 Å². The Hall–Kier alpha value is -1.64. The summed E-state index contributed by atoms with van der Waals surface area (Å²) >= 11 is 0. The van der Waals surface area contributed by atoms with E-state index in [9.17, 15) is 9.59 Å². The van der Waals surface area contributed by atoms with Crippen molar-refractivity contribution in [3.05, 3.63) is 12.2 Å². The minimum atomic E-state index is -0.877. The standard InChI is InChI=1S/C18H31NO7/c20-17(21)8-10-23-12-14-25-15-13-24-11-9-19-18(22)26-16-6-4-2-1-3-5-7-16/h4,6,16H,1-3,5,7-15H2,(H,19,22)(H,20,21)/b6-4+/t16-/m1/s1. The molecule has 2 N–H and O–H groups in total. The second kappa shape index (κ2) is 15.6. The molecular weight excluding hydrogens is 342 g/mol. The predicted molar refractivity (Wildman–Crippen MR) is 95.2 cm³/mol. The lowest BCUT2D eigenvalue weighted by molar-refractivity contribution is -0.138. The summed E-state index contributed by atoms with van der Waals surface area (Å²) in [7, 11) is 0. The maximum absolute atomic E-state index is 11.7. The molecule has 0 aromatic rings. The van der Waals surface area contributed by atoms with Gasteiger partial charge in [0.15, 0.2) is 0 Å². The number of hydrogen-bond acceptors (Lipinski definition) is 6. The highest BCUT2D eigenvalue weighted by atomic mass is 16.6. The van der Waals surface area contributed by atoms with Gasteiger partial charge in [-0.3, -0.25) is 4.79 Å². The lowest BCUT2D eigenvalue weighted by Crippen LogP contribution is -2.31. The van der Waals surface area contributed by atoms with Crippen LogP contribution in [0.5, 0.6) is 0 Å². The van der Waals surface area contributed by atoms with Crippen molar-refractivity contribution in [1.29, 1.82) is 0 Å². The molecule has 0 aliphatic heterocycles. The maximum Gasteiger partial charge on any atom is 0.407 e. The molecule has 1 amide bonds. The molecule has 1 rings (SSSR count). The lowest BCUT2D eigenvalue weighted by atomic mass is 10.0. The molecule has 1 atom stereocenters. The van der Waals surface area contributed by atoms with Crippen molar-refractivity contribution < 1.29 is 33.6 Å². The molecule has 0 saturated carbocycles. The molecule has 8 heteroatoms. The van der Waals surface area contributed by atoms with Crippen molar-refractivity contribution in [2.45, 2.75) is 44.6 Å². The Kier molecular flexibility index (Phi) is 13.4. The lowest BCUT2D eigenvalue weighted by Gasteiger charge is -2.16. The number of ether oxygens (including phenoxy) is 4. The van der Waals surface area contributed by atoms with Gasteiger partial charge in [-0.05, 0) is 31.8 Å². The number of hydrogen-bond donors (Lipinski definition) is 2. The number of aliphatic carboxylic acids is 1. The molecule has 0 spiro atoms. The van der Waals surface area contributed by atoms with Gasteiger partial charge < -0.3 is 29.4 Å². The molecule has 1 aliphatic rings. The normalized spacial score (nSPS) is 18.5. The van der Waals surface area contributed by atoms with Gasteiger partial charge in [-0.1, -0.05) is 12.5 Å². The van der Waals surface area contributed by atoms with Crippen LogP contribution in [0.1, 0.15) is 38.5 Å². The Bertz CT molecular complexity index is 414. The number of carboxylic acid groups (broad SMARTS) is 1. The average Bonchev–Trinajstić information content (AvgIpc) is 2.58. The van der Waals surface area contributed by atoms with Gasteiger partial charge in [-0.15, -0.1) is 0 Å². The van der Waals surface area contributed by atoms with Crippen molar-refractivity contribution in [3.8, 4) is 0 Å². The van der Waals surface area contributed by atoms with Crippen LogP contribution < -0.4 is 5.32 Å². The fraction of sp³-hybridized carbons (Fsp3) is 0.778. The summed E-state index contributed by atoms with van der Waals surface area (Å²) in [5, 5.41) is 11.1. The van der Waals surface area contributed by atoms with E-state index in [4.69, 9.17) is 24.1 Å². The molecule has 0 fully saturated rings. The number of rotatable bonds is 13. The fourth-order valence-corrected chi connectivity index (χ4v) is 2.33. The summed E-state index contributed by atoms with van der Waals surface area (Å²) in [6.45, 7) is 2.53. The third-order valence-corrected chi connectivity index (χ3v) is 3.69. The van der Waals surface area contributed by atoms with Crippen LogP contribution in [0.15, 0.2) is 12.2 Å². The van der Waals surface area contributed by atoms with Gasteiger partial charge in [0.05, 0.1) is 46.1 Å². The van der Waals surface area contributed by atoms with Crippen LogP contribution in [-0.2, 0) is 23.7 Å². The van der Waals surface area contributed by atoms with Crippen LogP contribution in [0.4, 0.5) is 4.79 Å². The molecule has 0 bridgehead atoms. The minimum absolute atomic E-state index is 0.00439. The number of carbonyl (C=O) groups is 2.